The first-order chi connectivity index (χ1) is 9.72. The van der Waals surface area contributed by atoms with Crippen LogP contribution in [0.1, 0.15) is 0 Å². The number of para-hydroxylation sites is 1. The summed E-state index contributed by atoms with van der Waals surface area (Å²) in [7, 11) is 1.96. The van der Waals surface area contributed by atoms with Crippen LogP contribution >= 0.6 is 11.6 Å². The Balaban J connectivity index is 1.94. The molecule has 0 amide bonds. The molecule has 3 aromatic rings. The van der Waals surface area contributed by atoms with E-state index in [0.717, 1.165) is 16.9 Å². The molecule has 0 unspecified atom stereocenters. The zero-order valence-corrected chi connectivity index (χ0v) is 11.7. The maximum absolute atomic E-state index is 6.18. The van der Waals surface area contributed by atoms with E-state index in [1.807, 2.05) is 60.4 Å². The Morgan fingerprint density at radius 1 is 1.15 bits per heavy atom. The van der Waals surface area contributed by atoms with Gasteiger partial charge in [0.1, 0.15) is 0 Å². The normalized spacial score (nSPS) is 10.5. The molecule has 0 aliphatic heterocycles. The van der Waals surface area contributed by atoms with E-state index in [9.17, 15) is 0 Å². The van der Waals surface area contributed by atoms with Gasteiger partial charge in [0.15, 0.2) is 0 Å². The van der Waals surface area contributed by atoms with Crippen molar-refractivity contribution in [3.8, 4) is 11.3 Å². The van der Waals surface area contributed by atoms with E-state index in [2.05, 4.69) is 15.3 Å². The average Bonchev–Trinajstić information content (AvgIpc) is 2.89. The molecule has 0 aliphatic rings. The average molecular weight is 285 g/mol. The standard InChI is InChI=1S/C15H13ClN4/c1-20-8-7-11(10-20)14-13(16)9-17-15(19-14)18-12-5-3-2-4-6-12/h2-10H,1H3,(H,17,18,19). The lowest BCUT2D eigenvalue weighted by molar-refractivity contribution is 0.928. The lowest BCUT2D eigenvalue weighted by Crippen LogP contribution is -1.98. The van der Waals surface area contributed by atoms with Crippen LogP contribution in [-0.2, 0) is 7.05 Å². The van der Waals surface area contributed by atoms with Crippen molar-refractivity contribution in [2.75, 3.05) is 5.32 Å². The van der Waals surface area contributed by atoms with Crippen molar-refractivity contribution in [3.63, 3.8) is 0 Å². The van der Waals surface area contributed by atoms with Crippen molar-refractivity contribution in [1.29, 1.82) is 0 Å². The van der Waals surface area contributed by atoms with Crippen LogP contribution < -0.4 is 5.32 Å². The van der Waals surface area contributed by atoms with Crippen molar-refractivity contribution in [3.05, 3.63) is 60.0 Å². The minimum atomic E-state index is 0.527. The van der Waals surface area contributed by atoms with Crippen LogP contribution in [0, 0.1) is 0 Å². The fourth-order valence-corrected chi connectivity index (χ4v) is 2.12. The number of nitrogens with zero attached hydrogens (tertiary/aromatic N) is 3. The second kappa shape index (κ2) is 5.35. The van der Waals surface area contributed by atoms with Crippen molar-refractivity contribution in [2.24, 2.45) is 7.05 Å². The summed E-state index contributed by atoms with van der Waals surface area (Å²) in [6, 6.07) is 11.8. The fourth-order valence-electron chi connectivity index (χ4n) is 1.92. The third kappa shape index (κ3) is 2.65. The maximum Gasteiger partial charge on any atom is 0.227 e. The quantitative estimate of drug-likeness (QED) is 0.794. The van der Waals surface area contributed by atoms with Gasteiger partial charge in [0.25, 0.3) is 0 Å². The molecule has 5 heteroatoms. The second-order valence-electron chi connectivity index (χ2n) is 4.45. The summed E-state index contributed by atoms with van der Waals surface area (Å²) in [6.07, 6.45) is 5.54. The molecule has 1 N–H and O–H groups in total. The number of nitrogens with one attached hydrogen (secondary N) is 1. The van der Waals surface area contributed by atoms with E-state index in [-0.39, 0.29) is 0 Å². The third-order valence-corrected chi connectivity index (χ3v) is 3.16. The molecule has 0 saturated carbocycles. The van der Waals surface area contributed by atoms with Gasteiger partial charge in [0.2, 0.25) is 5.95 Å². The molecule has 0 atom stereocenters. The molecule has 3 rings (SSSR count). The van der Waals surface area contributed by atoms with Gasteiger partial charge in [-0.25, -0.2) is 9.97 Å². The maximum atomic E-state index is 6.18. The highest BCUT2D eigenvalue weighted by molar-refractivity contribution is 6.32. The zero-order valence-electron chi connectivity index (χ0n) is 10.9. The highest BCUT2D eigenvalue weighted by Crippen LogP contribution is 2.27. The van der Waals surface area contributed by atoms with Crippen molar-refractivity contribution in [2.45, 2.75) is 0 Å². The third-order valence-electron chi connectivity index (χ3n) is 2.88. The SMILES string of the molecule is Cn1ccc(-c2nc(Nc3ccccc3)ncc2Cl)c1. The summed E-state index contributed by atoms with van der Waals surface area (Å²) in [4.78, 5) is 8.69. The Hall–Kier alpha value is -2.33. The van der Waals surface area contributed by atoms with Crippen LogP contribution in [0.15, 0.2) is 55.0 Å². The molecule has 0 bridgehead atoms. The number of anilines is 2. The number of rotatable bonds is 3. The molecule has 1 aromatic carbocycles. The number of aromatic nitrogens is 3. The minimum Gasteiger partial charge on any atom is -0.357 e. The van der Waals surface area contributed by atoms with Gasteiger partial charge in [-0.1, -0.05) is 29.8 Å². The van der Waals surface area contributed by atoms with Gasteiger partial charge in [-0.15, -0.1) is 0 Å². The fraction of sp³-hybridized carbons (Fsp3) is 0.0667. The molecule has 20 heavy (non-hydrogen) atoms. The number of aryl methyl sites for hydroxylation is 1. The molecule has 0 saturated heterocycles. The summed E-state index contributed by atoms with van der Waals surface area (Å²) in [5, 5.41) is 3.70. The van der Waals surface area contributed by atoms with Crippen LogP contribution in [-0.4, -0.2) is 14.5 Å². The molecular formula is C15H13ClN4. The summed E-state index contributed by atoms with van der Waals surface area (Å²) < 4.78 is 1.96. The first-order valence-electron chi connectivity index (χ1n) is 6.19. The topological polar surface area (TPSA) is 42.7 Å². The second-order valence-corrected chi connectivity index (χ2v) is 4.85. The van der Waals surface area contributed by atoms with Gasteiger partial charge in [-0.2, -0.15) is 0 Å². The van der Waals surface area contributed by atoms with Crippen LogP contribution in [0.3, 0.4) is 0 Å². The van der Waals surface area contributed by atoms with Gasteiger partial charge < -0.3 is 9.88 Å². The summed E-state index contributed by atoms with van der Waals surface area (Å²) >= 11 is 6.18. The Labute approximate surface area is 122 Å². The minimum absolute atomic E-state index is 0.527. The van der Waals surface area contributed by atoms with Gasteiger partial charge in [0.05, 0.1) is 16.9 Å². The van der Waals surface area contributed by atoms with Gasteiger partial charge in [0, 0.05) is 30.7 Å². The Morgan fingerprint density at radius 2 is 1.95 bits per heavy atom. The molecule has 0 aliphatic carbocycles. The molecular weight excluding hydrogens is 272 g/mol. The number of hydrogen-bond acceptors (Lipinski definition) is 3. The molecule has 0 fully saturated rings. The van der Waals surface area contributed by atoms with E-state index < -0.39 is 0 Å². The molecule has 0 spiro atoms. The van der Waals surface area contributed by atoms with E-state index in [4.69, 9.17) is 11.6 Å². The van der Waals surface area contributed by atoms with Gasteiger partial charge in [-0.05, 0) is 18.2 Å². The van der Waals surface area contributed by atoms with E-state index in [1.54, 1.807) is 6.20 Å². The smallest absolute Gasteiger partial charge is 0.227 e. The molecule has 100 valence electrons. The molecule has 2 heterocycles. The lowest BCUT2D eigenvalue weighted by Gasteiger charge is -2.07. The Morgan fingerprint density at radius 3 is 2.65 bits per heavy atom. The van der Waals surface area contributed by atoms with Crippen LogP contribution in [0.4, 0.5) is 11.6 Å². The van der Waals surface area contributed by atoms with E-state index >= 15 is 0 Å². The van der Waals surface area contributed by atoms with E-state index in [1.165, 1.54) is 0 Å². The van der Waals surface area contributed by atoms with Crippen molar-refractivity contribution < 1.29 is 0 Å². The van der Waals surface area contributed by atoms with E-state index in [0.29, 0.717) is 11.0 Å². The highest BCUT2D eigenvalue weighted by Gasteiger charge is 2.09. The highest BCUT2D eigenvalue weighted by atomic mass is 35.5. The van der Waals surface area contributed by atoms with Crippen molar-refractivity contribution in [1.82, 2.24) is 14.5 Å². The summed E-state index contributed by atoms with van der Waals surface area (Å²) in [5.74, 6) is 0.527. The largest absolute Gasteiger partial charge is 0.357 e. The van der Waals surface area contributed by atoms with Crippen LogP contribution in [0.25, 0.3) is 11.3 Å². The molecule has 0 radical (unpaired) electrons. The number of hydrogen-bond donors (Lipinski definition) is 1. The molecule has 2 aromatic heterocycles. The monoisotopic (exact) mass is 284 g/mol. The Kier molecular flexibility index (Phi) is 3.39. The molecule has 4 nitrogen and oxygen atoms in total. The van der Waals surface area contributed by atoms with Gasteiger partial charge in [-0.3, -0.25) is 0 Å². The number of benzene rings is 1. The van der Waals surface area contributed by atoms with Crippen LogP contribution in [0.2, 0.25) is 5.02 Å². The predicted octanol–water partition coefficient (Wildman–Crippen LogP) is 3.88. The summed E-state index contributed by atoms with van der Waals surface area (Å²) in [5.41, 5.74) is 2.63. The van der Waals surface area contributed by atoms with Crippen molar-refractivity contribution >= 4 is 23.2 Å². The predicted molar refractivity (Wildman–Crippen MR) is 81.2 cm³/mol. The van der Waals surface area contributed by atoms with Crippen LogP contribution in [0.5, 0.6) is 0 Å². The lowest BCUT2D eigenvalue weighted by atomic mass is 10.2. The first-order valence-corrected chi connectivity index (χ1v) is 6.57. The zero-order chi connectivity index (χ0) is 13.9. The summed E-state index contributed by atoms with van der Waals surface area (Å²) in [6.45, 7) is 0. The Bertz CT molecular complexity index is 722. The first kappa shape index (κ1) is 12.7. The van der Waals surface area contributed by atoms with Gasteiger partial charge >= 0.3 is 0 Å². The number of halogens is 1.